The monoisotopic (exact) mass is 345 g/mol. The summed E-state index contributed by atoms with van der Waals surface area (Å²) in [5, 5.41) is 14.4. The van der Waals surface area contributed by atoms with Gasteiger partial charge in [-0.1, -0.05) is 26.0 Å². The lowest BCUT2D eigenvalue weighted by molar-refractivity contribution is -0.137. The van der Waals surface area contributed by atoms with Crippen LogP contribution < -0.4 is 10.9 Å². The number of carboxylic acid groups (broad SMARTS) is 1. The van der Waals surface area contributed by atoms with Crippen LogP contribution in [0.4, 0.5) is 0 Å². The molecule has 0 aliphatic carbocycles. The molecule has 0 fully saturated rings. The number of nitrogens with one attached hydrogen (secondary N) is 2. The van der Waals surface area contributed by atoms with Gasteiger partial charge in [0.25, 0.3) is 11.5 Å². The highest BCUT2D eigenvalue weighted by Gasteiger charge is 2.22. The van der Waals surface area contributed by atoms with Crippen LogP contribution in [0.15, 0.2) is 29.1 Å². The number of benzene rings is 1. The molecule has 1 amide bonds. The highest BCUT2D eigenvalue weighted by atomic mass is 16.4. The molecular weight excluding hydrogens is 322 g/mol. The van der Waals surface area contributed by atoms with Crippen molar-refractivity contribution < 1.29 is 14.7 Å². The molecule has 2 rings (SSSR count). The minimum absolute atomic E-state index is 0.0483. The van der Waals surface area contributed by atoms with Crippen molar-refractivity contribution in [3.05, 3.63) is 51.4 Å². The molecule has 0 saturated carbocycles. The number of carboxylic acids is 1. The van der Waals surface area contributed by atoms with E-state index in [1.54, 1.807) is 0 Å². The van der Waals surface area contributed by atoms with E-state index in [0.29, 0.717) is 5.69 Å². The average Bonchev–Trinajstić information content (AvgIpc) is 2.90. The van der Waals surface area contributed by atoms with Crippen molar-refractivity contribution in [1.82, 2.24) is 15.1 Å². The quantitative estimate of drug-likeness (QED) is 0.745. The first-order valence-electron chi connectivity index (χ1n) is 8.11. The maximum atomic E-state index is 12.4. The molecule has 0 bridgehead atoms. The Bertz CT molecular complexity index is 848. The van der Waals surface area contributed by atoms with Crippen LogP contribution in [-0.4, -0.2) is 32.8 Å². The summed E-state index contributed by atoms with van der Waals surface area (Å²) in [7, 11) is 0. The molecule has 2 aromatic rings. The molecule has 0 radical (unpaired) electrons. The van der Waals surface area contributed by atoms with Gasteiger partial charge in [0, 0.05) is 12.1 Å². The van der Waals surface area contributed by atoms with Crippen LogP contribution in [0.3, 0.4) is 0 Å². The second kappa shape index (κ2) is 7.38. The predicted molar refractivity (Wildman–Crippen MR) is 94.2 cm³/mol. The van der Waals surface area contributed by atoms with Gasteiger partial charge in [0.15, 0.2) is 0 Å². The summed E-state index contributed by atoms with van der Waals surface area (Å²) in [4.78, 5) is 35.6. The fraction of sp³-hybridized carbons (Fsp3) is 0.389. The van der Waals surface area contributed by atoms with E-state index < -0.39 is 17.9 Å². The van der Waals surface area contributed by atoms with Crippen LogP contribution in [0.2, 0.25) is 0 Å². The van der Waals surface area contributed by atoms with Crippen LogP contribution in [0.25, 0.3) is 5.69 Å². The lowest BCUT2D eigenvalue weighted by Crippen LogP contribution is -2.40. The Kier molecular flexibility index (Phi) is 5.46. The smallest absolute Gasteiger partial charge is 0.305 e. The zero-order valence-corrected chi connectivity index (χ0v) is 14.8. The number of hydrogen-bond donors (Lipinski definition) is 3. The van der Waals surface area contributed by atoms with Crippen LogP contribution >= 0.6 is 0 Å². The molecule has 0 saturated heterocycles. The van der Waals surface area contributed by atoms with E-state index in [1.165, 1.54) is 10.7 Å². The number of carbonyl (C=O) groups is 2. The molecule has 1 unspecified atom stereocenters. The molecule has 0 aliphatic heterocycles. The standard InChI is InChI=1S/C18H23N3O4/c1-10(2)13(9-17(23)24)19-18(25)14-8-16(22)21(20-14)15-7-11(3)5-6-12(15)4/h5-8,10,13,20H,9H2,1-4H3,(H,19,25)(H,23,24). The van der Waals surface area contributed by atoms with Gasteiger partial charge in [-0.15, -0.1) is 0 Å². The highest BCUT2D eigenvalue weighted by molar-refractivity contribution is 5.92. The van der Waals surface area contributed by atoms with Gasteiger partial charge in [-0.3, -0.25) is 19.5 Å². The summed E-state index contributed by atoms with van der Waals surface area (Å²) in [6.07, 6.45) is -0.175. The summed E-state index contributed by atoms with van der Waals surface area (Å²) in [5.74, 6) is -1.53. The summed E-state index contributed by atoms with van der Waals surface area (Å²) >= 11 is 0. The van der Waals surface area contributed by atoms with Crippen LogP contribution in [0.1, 0.15) is 41.9 Å². The topological polar surface area (TPSA) is 104 Å². The number of aliphatic carboxylic acids is 1. The highest BCUT2D eigenvalue weighted by Crippen LogP contribution is 2.14. The third kappa shape index (κ3) is 4.37. The largest absolute Gasteiger partial charge is 0.481 e. The molecule has 1 atom stereocenters. The number of aromatic nitrogens is 2. The van der Waals surface area contributed by atoms with Gasteiger partial charge < -0.3 is 10.4 Å². The molecule has 134 valence electrons. The molecule has 1 heterocycles. The van der Waals surface area contributed by atoms with Gasteiger partial charge in [0.05, 0.1) is 12.1 Å². The van der Waals surface area contributed by atoms with Gasteiger partial charge in [-0.25, -0.2) is 4.68 Å². The summed E-state index contributed by atoms with van der Waals surface area (Å²) in [6.45, 7) is 7.46. The first-order valence-corrected chi connectivity index (χ1v) is 8.11. The summed E-state index contributed by atoms with van der Waals surface area (Å²) < 4.78 is 1.32. The van der Waals surface area contributed by atoms with Crippen molar-refractivity contribution in [1.29, 1.82) is 0 Å². The molecule has 7 nitrogen and oxygen atoms in total. The average molecular weight is 345 g/mol. The van der Waals surface area contributed by atoms with Gasteiger partial charge in [-0.05, 0) is 37.0 Å². The lowest BCUT2D eigenvalue weighted by atomic mass is 10.0. The van der Waals surface area contributed by atoms with Crippen molar-refractivity contribution in [2.24, 2.45) is 5.92 Å². The van der Waals surface area contributed by atoms with Crippen molar-refractivity contribution in [3.63, 3.8) is 0 Å². The zero-order chi connectivity index (χ0) is 18.7. The predicted octanol–water partition coefficient (Wildman–Crippen LogP) is 2.01. The second-order valence-corrected chi connectivity index (χ2v) is 6.56. The minimum atomic E-state index is -0.986. The Hall–Kier alpha value is -2.83. The Morgan fingerprint density at radius 1 is 1.24 bits per heavy atom. The van der Waals surface area contributed by atoms with Crippen molar-refractivity contribution >= 4 is 11.9 Å². The molecular formula is C18H23N3O4. The maximum absolute atomic E-state index is 12.4. The van der Waals surface area contributed by atoms with Crippen LogP contribution in [0.5, 0.6) is 0 Å². The van der Waals surface area contributed by atoms with Gasteiger partial charge in [0.1, 0.15) is 5.69 Å². The number of carbonyl (C=O) groups excluding carboxylic acids is 1. The molecule has 25 heavy (non-hydrogen) atoms. The third-order valence-corrected chi connectivity index (χ3v) is 4.09. The maximum Gasteiger partial charge on any atom is 0.305 e. The Labute approximate surface area is 145 Å². The van der Waals surface area contributed by atoms with Crippen molar-refractivity contribution in [3.8, 4) is 5.69 Å². The first kappa shape index (κ1) is 18.5. The number of nitrogens with zero attached hydrogens (tertiary/aromatic N) is 1. The van der Waals surface area contributed by atoms with E-state index in [-0.39, 0.29) is 23.6 Å². The molecule has 0 spiro atoms. The van der Waals surface area contributed by atoms with E-state index in [1.807, 2.05) is 45.9 Å². The fourth-order valence-electron chi connectivity index (χ4n) is 2.54. The van der Waals surface area contributed by atoms with Crippen LogP contribution in [-0.2, 0) is 4.79 Å². The molecule has 1 aromatic carbocycles. The molecule has 1 aromatic heterocycles. The van der Waals surface area contributed by atoms with Gasteiger partial charge >= 0.3 is 5.97 Å². The third-order valence-electron chi connectivity index (χ3n) is 4.09. The minimum Gasteiger partial charge on any atom is -0.481 e. The van der Waals surface area contributed by atoms with E-state index in [0.717, 1.165) is 11.1 Å². The number of aryl methyl sites for hydroxylation is 2. The summed E-state index contributed by atoms with van der Waals surface area (Å²) in [6, 6.07) is 6.40. The Balaban J connectivity index is 2.30. The van der Waals surface area contributed by atoms with E-state index in [9.17, 15) is 14.4 Å². The first-order chi connectivity index (χ1) is 11.7. The number of H-pyrrole nitrogens is 1. The zero-order valence-electron chi connectivity index (χ0n) is 14.8. The number of rotatable bonds is 6. The number of hydrogen-bond acceptors (Lipinski definition) is 3. The van der Waals surface area contributed by atoms with Crippen LogP contribution in [0, 0.1) is 19.8 Å². The normalized spacial score (nSPS) is 12.2. The number of aromatic amines is 1. The van der Waals surface area contributed by atoms with Gasteiger partial charge in [-0.2, -0.15) is 0 Å². The van der Waals surface area contributed by atoms with Crippen molar-refractivity contribution in [2.75, 3.05) is 0 Å². The second-order valence-electron chi connectivity index (χ2n) is 6.56. The molecule has 0 aliphatic rings. The molecule has 7 heteroatoms. The van der Waals surface area contributed by atoms with Crippen molar-refractivity contribution in [2.45, 2.75) is 40.2 Å². The summed E-state index contributed by atoms with van der Waals surface area (Å²) in [5.41, 5.74) is 2.32. The Morgan fingerprint density at radius 2 is 1.92 bits per heavy atom. The van der Waals surface area contributed by atoms with E-state index >= 15 is 0 Å². The van der Waals surface area contributed by atoms with Gasteiger partial charge in [0.2, 0.25) is 0 Å². The van der Waals surface area contributed by atoms with E-state index in [4.69, 9.17) is 5.11 Å². The number of amides is 1. The SMILES string of the molecule is Cc1ccc(C)c(-n2[nH]c(C(=O)NC(CC(=O)O)C(C)C)cc2=O)c1. The molecule has 3 N–H and O–H groups in total. The fourth-order valence-corrected chi connectivity index (χ4v) is 2.54. The lowest BCUT2D eigenvalue weighted by Gasteiger charge is -2.20. The van der Waals surface area contributed by atoms with E-state index in [2.05, 4.69) is 10.4 Å². The Morgan fingerprint density at radius 3 is 2.52 bits per heavy atom.